The molecule has 0 N–H and O–H groups in total. The van der Waals surface area contributed by atoms with E-state index in [1.807, 2.05) is 0 Å². The smallest absolute Gasteiger partial charge is 0.145 e. The average Bonchev–Trinajstić information content (AvgIpc) is 2.16. The lowest BCUT2D eigenvalue weighted by atomic mass is 9.79. The van der Waals surface area contributed by atoms with Crippen molar-refractivity contribution in [1.29, 1.82) is 0 Å². The van der Waals surface area contributed by atoms with Gasteiger partial charge in [0, 0.05) is 6.61 Å². The van der Waals surface area contributed by atoms with Gasteiger partial charge in [-0.15, -0.1) is 0 Å². The van der Waals surface area contributed by atoms with E-state index in [4.69, 9.17) is 4.43 Å². The zero-order chi connectivity index (χ0) is 11.0. The third-order valence-corrected chi connectivity index (χ3v) is 3.55. The molecule has 0 fully saturated rings. The predicted molar refractivity (Wildman–Crippen MR) is 66.7 cm³/mol. The summed E-state index contributed by atoms with van der Waals surface area (Å²) in [6, 6.07) is 0. The molecule has 0 unspecified atom stereocenters. The summed E-state index contributed by atoms with van der Waals surface area (Å²) in [5.74, 6) is 0. The normalized spacial score (nSPS) is 12.6. The largest absolute Gasteiger partial charge is 0.427 e. The van der Waals surface area contributed by atoms with Crippen molar-refractivity contribution in [2.45, 2.75) is 39.5 Å². The molecule has 14 heavy (non-hydrogen) atoms. The molecule has 0 amide bonds. The molecule has 0 radical (unpaired) electrons. The van der Waals surface area contributed by atoms with Gasteiger partial charge in [-0.3, -0.25) is 0 Å². The van der Waals surface area contributed by atoms with Gasteiger partial charge in [-0.05, 0) is 51.7 Å². The molecule has 0 saturated heterocycles. The third kappa shape index (κ3) is 5.13. The van der Waals surface area contributed by atoms with Gasteiger partial charge in [0.1, 0.15) is 10.5 Å². The molecule has 2 nitrogen and oxygen atoms in total. The van der Waals surface area contributed by atoms with Crippen molar-refractivity contribution in [3.63, 3.8) is 0 Å². The van der Waals surface area contributed by atoms with Gasteiger partial charge in [-0.2, -0.15) is 0 Å². The maximum absolute atomic E-state index is 5.47. The van der Waals surface area contributed by atoms with E-state index < -0.39 is 0 Å². The predicted octanol–water partition coefficient (Wildman–Crippen LogP) is 1.43. The number of hydrogen-bond donors (Lipinski definition) is 0. The topological polar surface area (TPSA) is 12.5 Å². The van der Waals surface area contributed by atoms with Gasteiger partial charge in [0.05, 0.1) is 0 Å². The van der Waals surface area contributed by atoms with Crippen molar-refractivity contribution in [1.82, 2.24) is 4.90 Å². The second-order valence-electron chi connectivity index (χ2n) is 4.55. The first-order valence-corrected chi connectivity index (χ1v) is 6.55. The number of nitrogens with zero attached hydrogens (tertiary/aromatic N) is 1. The molecule has 0 bridgehead atoms. The quantitative estimate of drug-likeness (QED) is 0.570. The molecule has 0 rings (SSSR count). The summed E-state index contributed by atoms with van der Waals surface area (Å²) in [4.78, 5) is 2.26. The maximum atomic E-state index is 5.47. The van der Waals surface area contributed by atoms with E-state index in [0.717, 1.165) is 17.1 Å². The Hall–Kier alpha value is 0.137. The summed E-state index contributed by atoms with van der Waals surface area (Å²) < 4.78 is 5.47. The van der Waals surface area contributed by atoms with Crippen molar-refractivity contribution in [3.8, 4) is 0 Å². The van der Waals surface area contributed by atoms with Gasteiger partial charge >= 0.3 is 0 Å². The second-order valence-corrected chi connectivity index (χ2v) is 5.12. The number of hydrogen-bond acceptors (Lipinski definition) is 2. The summed E-state index contributed by atoms with van der Waals surface area (Å²) in [6.07, 6.45) is 5.10. The highest BCUT2D eigenvalue weighted by Crippen LogP contribution is 2.32. The van der Waals surface area contributed by atoms with Crippen molar-refractivity contribution in [2.75, 3.05) is 27.2 Å². The van der Waals surface area contributed by atoms with Gasteiger partial charge in [-0.1, -0.05) is 13.8 Å². The van der Waals surface area contributed by atoms with Crippen LogP contribution in [0.15, 0.2) is 0 Å². The summed E-state index contributed by atoms with van der Waals surface area (Å²) in [5.41, 5.74) is 0.456. The third-order valence-electron chi connectivity index (χ3n) is 3.26. The van der Waals surface area contributed by atoms with E-state index in [-0.39, 0.29) is 0 Å². The molecule has 0 aromatic rings. The zero-order valence-electron chi connectivity index (χ0n) is 10.6. The number of rotatable bonds is 8. The summed E-state index contributed by atoms with van der Waals surface area (Å²) >= 11 is 0. The van der Waals surface area contributed by atoms with Crippen LogP contribution < -0.4 is 0 Å². The Morgan fingerprint density at radius 1 is 1.21 bits per heavy atom. The van der Waals surface area contributed by atoms with E-state index in [0.29, 0.717) is 5.41 Å². The van der Waals surface area contributed by atoms with Crippen LogP contribution in [0.1, 0.15) is 39.5 Å². The van der Waals surface area contributed by atoms with E-state index in [1.165, 1.54) is 32.2 Å². The Bertz CT molecular complexity index is 135. The van der Waals surface area contributed by atoms with Crippen LogP contribution in [0.2, 0.25) is 0 Å². The first kappa shape index (κ1) is 14.1. The average molecular weight is 217 g/mol. The molecular formula is C11H27NOSi. The Balaban J connectivity index is 3.94. The molecule has 0 saturated carbocycles. The minimum atomic E-state index is 0.456. The summed E-state index contributed by atoms with van der Waals surface area (Å²) in [5, 5.41) is 0. The maximum Gasteiger partial charge on any atom is 0.145 e. The minimum Gasteiger partial charge on any atom is -0.427 e. The monoisotopic (exact) mass is 217 g/mol. The molecule has 0 aliphatic rings. The van der Waals surface area contributed by atoms with Crippen LogP contribution in [0.3, 0.4) is 0 Å². The molecule has 86 valence electrons. The van der Waals surface area contributed by atoms with E-state index >= 15 is 0 Å². The van der Waals surface area contributed by atoms with Gasteiger partial charge in [0.15, 0.2) is 0 Å². The Morgan fingerprint density at radius 3 is 2.14 bits per heavy atom. The highest BCUT2D eigenvalue weighted by molar-refractivity contribution is 5.97. The molecule has 3 heteroatoms. The van der Waals surface area contributed by atoms with Crippen LogP contribution in [0, 0.1) is 5.41 Å². The molecule has 0 spiro atoms. The SMILES string of the molecule is CCC(CC)(CCCN(C)C)CO[SiH3]. The van der Waals surface area contributed by atoms with Crippen molar-refractivity contribution in [2.24, 2.45) is 5.41 Å². The van der Waals surface area contributed by atoms with Gasteiger partial charge in [-0.25, -0.2) is 0 Å². The molecule has 0 aromatic carbocycles. The fraction of sp³-hybridized carbons (Fsp3) is 1.00. The van der Waals surface area contributed by atoms with Crippen molar-refractivity contribution in [3.05, 3.63) is 0 Å². The molecular weight excluding hydrogens is 190 g/mol. The lowest BCUT2D eigenvalue weighted by Crippen LogP contribution is -2.27. The fourth-order valence-electron chi connectivity index (χ4n) is 1.96. The van der Waals surface area contributed by atoms with Gasteiger partial charge in [0.2, 0.25) is 0 Å². The molecule has 0 aliphatic heterocycles. The van der Waals surface area contributed by atoms with E-state index in [9.17, 15) is 0 Å². The van der Waals surface area contributed by atoms with Crippen LogP contribution in [-0.4, -0.2) is 42.6 Å². The van der Waals surface area contributed by atoms with E-state index in [1.54, 1.807) is 0 Å². The summed E-state index contributed by atoms with van der Waals surface area (Å²) in [6.45, 7) is 6.75. The summed E-state index contributed by atoms with van der Waals surface area (Å²) in [7, 11) is 5.16. The van der Waals surface area contributed by atoms with Crippen molar-refractivity contribution < 1.29 is 4.43 Å². The second kappa shape index (κ2) is 7.43. The van der Waals surface area contributed by atoms with Gasteiger partial charge in [0.25, 0.3) is 0 Å². The van der Waals surface area contributed by atoms with Crippen LogP contribution in [-0.2, 0) is 4.43 Å². The Labute approximate surface area is 92.6 Å². The lowest BCUT2D eigenvalue weighted by Gasteiger charge is -2.31. The van der Waals surface area contributed by atoms with Crippen molar-refractivity contribution >= 4 is 10.5 Å². The molecule has 0 atom stereocenters. The van der Waals surface area contributed by atoms with Crippen LogP contribution in [0.4, 0.5) is 0 Å². The Kier molecular flexibility index (Phi) is 7.50. The minimum absolute atomic E-state index is 0.456. The van der Waals surface area contributed by atoms with Crippen LogP contribution >= 0.6 is 0 Å². The first-order valence-electron chi connectivity index (χ1n) is 5.74. The van der Waals surface area contributed by atoms with Gasteiger partial charge < -0.3 is 9.33 Å². The highest BCUT2D eigenvalue weighted by atomic mass is 28.2. The molecule has 0 aliphatic carbocycles. The zero-order valence-corrected chi connectivity index (χ0v) is 12.6. The lowest BCUT2D eigenvalue weighted by molar-refractivity contribution is 0.124. The standard InChI is InChI=1S/C11H27NOSi/c1-5-11(6-2,10-13-14)8-7-9-12(3)4/h5-10H2,1-4,14H3. The fourth-order valence-corrected chi connectivity index (χ4v) is 2.57. The van der Waals surface area contributed by atoms with Crippen LogP contribution in [0.5, 0.6) is 0 Å². The highest BCUT2D eigenvalue weighted by Gasteiger charge is 2.24. The Morgan fingerprint density at radius 2 is 1.79 bits per heavy atom. The van der Waals surface area contributed by atoms with E-state index in [2.05, 4.69) is 32.8 Å². The molecule has 0 heterocycles. The first-order chi connectivity index (χ1) is 6.60. The van der Waals surface area contributed by atoms with Crippen LogP contribution in [0.25, 0.3) is 0 Å². The molecule has 0 aromatic heterocycles.